The summed E-state index contributed by atoms with van der Waals surface area (Å²) in [5.41, 5.74) is 9.69. The van der Waals surface area contributed by atoms with E-state index in [1.54, 1.807) is 0 Å². The zero-order chi connectivity index (χ0) is 13.5. The summed E-state index contributed by atoms with van der Waals surface area (Å²) in [6, 6.07) is 6.13. The molecule has 0 saturated heterocycles. The summed E-state index contributed by atoms with van der Waals surface area (Å²) < 4.78 is 0. The second-order valence-electron chi connectivity index (χ2n) is 6.25. The van der Waals surface area contributed by atoms with Crippen LogP contribution in [0.4, 0.5) is 0 Å². The Hall–Kier alpha value is -1.35. The van der Waals surface area contributed by atoms with Crippen LogP contribution in [0, 0.1) is 5.92 Å². The molecular weight excluding hydrogens is 226 g/mol. The summed E-state index contributed by atoms with van der Waals surface area (Å²) in [5.74, 6) is -1.08. The van der Waals surface area contributed by atoms with Crippen LogP contribution in [-0.4, -0.2) is 11.1 Å². The van der Waals surface area contributed by atoms with Gasteiger partial charge in [0.2, 0.25) is 0 Å². The lowest BCUT2D eigenvalue weighted by molar-refractivity contribution is -0.142. The van der Waals surface area contributed by atoms with Gasteiger partial charge < -0.3 is 10.8 Å². The molecule has 1 aromatic rings. The molecule has 1 aliphatic rings. The van der Waals surface area contributed by atoms with E-state index in [0.717, 1.165) is 11.1 Å². The van der Waals surface area contributed by atoms with Crippen LogP contribution >= 0.6 is 0 Å². The van der Waals surface area contributed by atoms with Crippen LogP contribution in [0.25, 0.3) is 0 Å². The highest BCUT2D eigenvalue weighted by atomic mass is 16.4. The van der Waals surface area contributed by atoms with Gasteiger partial charge in [-0.15, -0.1) is 0 Å². The average Bonchev–Trinajstić information content (AvgIpc) is 2.27. The average molecular weight is 247 g/mol. The molecule has 1 aromatic carbocycles. The number of rotatable bonds is 1. The summed E-state index contributed by atoms with van der Waals surface area (Å²) in [4.78, 5) is 11.1. The number of carboxylic acids is 1. The maximum absolute atomic E-state index is 11.1. The van der Waals surface area contributed by atoms with E-state index in [1.165, 1.54) is 5.56 Å². The van der Waals surface area contributed by atoms with Gasteiger partial charge in [0.15, 0.2) is 0 Å². The van der Waals surface area contributed by atoms with Crippen LogP contribution in [0.1, 0.15) is 49.9 Å². The standard InChI is InChI=1S/C15H21NO2/c1-15(2,3)11-5-4-9-6-10(14(17)18)7-13(16)12(9)8-11/h4-5,8,10,13H,6-7,16H2,1-3H3,(H,17,18). The van der Waals surface area contributed by atoms with Gasteiger partial charge >= 0.3 is 5.97 Å². The summed E-state index contributed by atoms with van der Waals surface area (Å²) in [7, 11) is 0. The van der Waals surface area contributed by atoms with E-state index >= 15 is 0 Å². The van der Waals surface area contributed by atoms with Crippen molar-refractivity contribution in [3.05, 3.63) is 34.9 Å². The molecule has 3 N–H and O–H groups in total. The van der Waals surface area contributed by atoms with E-state index in [0.29, 0.717) is 12.8 Å². The van der Waals surface area contributed by atoms with E-state index in [9.17, 15) is 4.79 Å². The number of nitrogens with two attached hydrogens (primary N) is 1. The Balaban J connectivity index is 2.38. The molecule has 1 aliphatic carbocycles. The Bertz CT molecular complexity index is 474. The highest BCUT2D eigenvalue weighted by Crippen LogP contribution is 2.34. The van der Waals surface area contributed by atoms with Crippen molar-refractivity contribution < 1.29 is 9.90 Å². The molecule has 2 atom stereocenters. The molecule has 18 heavy (non-hydrogen) atoms. The number of carboxylic acid groups (broad SMARTS) is 1. The van der Waals surface area contributed by atoms with Gasteiger partial charge in [0.1, 0.15) is 0 Å². The van der Waals surface area contributed by atoms with Crippen LogP contribution in [0.5, 0.6) is 0 Å². The highest BCUT2D eigenvalue weighted by Gasteiger charge is 2.30. The Labute approximate surface area is 108 Å². The second kappa shape index (κ2) is 4.39. The predicted molar refractivity (Wildman–Crippen MR) is 71.5 cm³/mol. The number of fused-ring (bicyclic) bond motifs is 1. The molecule has 0 spiro atoms. The Kier molecular flexibility index (Phi) is 3.20. The Morgan fingerprint density at radius 1 is 1.39 bits per heavy atom. The van der Waals surface area contributed by atoms with Crippen LogP contribution in [0.3, 0.4) is 0 Å². The van der Waals surface area contributed by atoms with Gasteiger partial charge in [-0.05, 0) is 34.9 Å². The van der Waals surface area contributed by atoms with Gasteiger partial charge in [0.05, 0.1) is 5.92 Å². The summed E-state index contributed by atoms with van der Waals surface area (Å²) in [6.45, 7) is 6.51. The monoisotopic (exact) mass is 247 g/mol. The van der Waals surface area contributed by atoms with E-state index in [-0.39, 0.29) is 17.4 Å². The molecule has 2 rings (SSSR count). The third-order valence-corrected chi connectivity index (χ3v) is 3.77. The number of hydrogen-bond acceptors (Lipinski definition) is 2. The molecular formula is C15H21NO2. The first kappa shape index (κ1) is 13.1. The zero-order valence-electron chi connectivity index (χ0n) is 11.2. The van der Waals surface area contributed by atoms with Crippen molar-refractivity contribution in [3.8, 4) is 0 Å². The molecule has 0 radical (unpaired) electrons. The normalized spacial score (nSPS) is 23.6. The fourth-order valence-corrected chi connectivity index (χ4v) is 2.56. The Morgan fingerprint density at radius 3 is 2.61 bits per heavy atom. The van der Waals surface area contributed by atoms with E-state index in [4.69, 9.17) is 10.8 Å². The van der Waals surface area contributed by atoms with Crippen LogP contribution in [0.15, 0.2) is 18.2 Å². The molecule has 0 amide bonds. The molecule has 3 heteroatoms. The van der Waals surface area contributed by atoms with Gasteiger partial charge in [-0.1, -0.05) is 39.0 Å². The number of benzene rings is 1. The first-order chi connectivity index (χ1) is 8.29. The third kappa shape index (κ3) is 2.41. The van der Waals surface area contributed by atoms with E-state index in [1.807, 2.05) is 6.07 Å². The molecule has 0 aliphatic heterocycles. The quantitative estimate of drug-likeness (QED) is 0.802. The minimum atomic E-state index is -0.740. The molecule has 0 heterocycles. The summed E-state index contributed by atoms with van der Waals surface area (Å²) >= 11 is 0. The van der Waals surface area contributed by atoms with Crippen LogP contribution in [0.2, 0.25) is 0 Å². The third-order valence-electron chi connectivity index (χ3n) is 3.77. The van der Waals surface area contributed by atoms with E-state index < -0.39 is 5.97 Å². The maximum atomic E-state index is 11.1. The van der Waals surface area contributed by atoms with Gasteiger partial charge in [-0.25, -0.2) is 0 Å². The number of aliphatic carboxylic acids is 1. The zero-order valence-corrected chi connectivity index (χ0v) is 11.2. The van der Waals surface area contributed by atoms with Gasteiger partial charge in [0.25, 0.3) is 0 Å². The number of carbonyl (C=O) groups is 1. The van der Waals surface area contributed by atoms with Crippen molar-refractivity contribution in [1.29, 1.82) is 0 Å². The van der Waals surface area contributed by atoms with Crippen molar-refractivity contribution in [1.82, 2.24) is 0 Å². The second-order valence-corrected chi connectivity index (χ2v) is 6.25. The van der Waals surface area contributed by atoms with Crippen molar-refractivity contribution in [2.45, 2.75) is 45.1 Å². The topological polar surface area (TPSA) is 63.3 Å². The van der Waals surface area contributed by atoms with Gasteiger partial charge in [-0.3, -0.25) is 4.79 Å². The van der Waals surface area contributed by atoms with Gasteiger partial charge in [0, 0.05) is 6.04 Å². The van der Waals surface area contributed by atoms with Crippen LogP contribution in [-0.2, 0) is 16.6 Å². The molecule has 0 aromatic heterocycles. The lowest BCUT2D eigenvalue weighted by atomic mass is 9.77. The maximum Gasteiger partial charge on any atom is 0.306 e. The van der Waals surface area contributed by atoms with Crippen LogP contribution < -0.4 is 5.73 Å². The summed E-state index contributed by atoms with van der Waals surface area (Å²) in [6.07, 6.45) is 1.14. The fraction of sp³-hybridized carbons (Fsp3) is 0.533. The minimum Gasteiger partial charge on any atom is -0.481 e. The molecule has 98 valence electrons. The van der Waals surface area contributed by atoms with Crippen molar-refractivity contribution in [2.75, 3.05) is 0 Å². The lowest BCUT2D eigenvalue weighted by Gasteiger charge is -2.29. The van der Waals surface area contributed by atoms with Gasteiger partial charge in [-0.2, -0.15) is 0 Å². The molecule has 3 nitrogen and oxygen atoms in total. The minimum absolute atomic E-state index is 0.0956. The smallest absolute Gasteiger partial charge is 0.306 e. The lowest BCUT2D eigenvalue weighted by Crippen LogP contribution is -2.29. The largest absolute Gasteiger partial charge is 0.481 e. The van der Waals surface area contributed by atoms with Crippen molar-refractivity contribution in [2.24, 2.45) is 11.7 Å². The predicted octanol–water partition coefficient (Wildman–Crippen LogP) is 2.63. The first-order valence-electron chi connectivity index (χ1n) is 6.40. The van der Waals surface area contributed by atoms with Crippen molar-refractivity contribution in [3.63, 3.8) is 0 Å². The fourth-order valence-electron chi connectivity index (χ4n) is 2.56. The van der Waals surface area contributed by atoms with E-state index in [2.05, 4.69) is 32.9 Å². The molecule has 0 bridgehead atoms. The summed E-state index contributed by atoms with van der Waals surface area (Å²) in [5, 5.41) is 9.11. The molecule has 2 unspecified atom stereocenters. The SMILES string of the molecule is CC(C)(C)c1ccc2c(c1)C(N)CC(C(=O)O)C2. The Morgan fingerprint density at radius 2 is 2.06 bits per heavy atom. The molecule has 0 saturated carbocycles. The van der Waals surface area contributed by atoms with Crippen molar-refractivity contribution >= 4 is 5.97 Å². The molecule has 0 fully saturated rings. The first-order valence-corrected chi connectivity index (χ1v) is 6.40. The highest BCUT2D eigenvalue weighted by molar-refractivity contribution is 5.71. The number of hydrogen-bond donors (Lipinski definition) is 2.